The van der Waals surface area contributed by atoms with Gasteiger partial charge in [-0.1, -0.05) is 183 Å². The Kier molecular flexibility index (Phi) is 8.28. The van der Waals surface area contributed by atoms with Gasteiger partial charge in [0.15, 0.2) is 5.58 Å². The summed E-state index contributed by atoms with van der Waals surface area (Å²) < 4.78 is 7.30. The third kappa shape index (κ3) is 5.20. The predicted molar refractivity (Wildman–Crippen MR) is 275 cm³/mol. The zero-order valence-electron chi connectivity index (χ0n) is 36.6. The Morgan fingerprint density at radius 1 is 0.424 bits per heavy atom. The molecule has 1 saturated carbocycles. The van der Waals surface area contributed by atoms with Gasteiger partial charge < -0.3 is 14.2 Å². The smallest absolute Gasteiger partial charge is 0.159 e. The number of hydrogen-bond donors (Lipinski definition) is 0. The van der Waals surface area contributed by atoms with Crippen molar-refractivity contribution >= 4 is 77.6 Å². The van der Waals surface area contributed by atoms with Crippen LogP contribution in [0.3, 0.4) is 0 Å². The maximum Gasteiger partial charge on any atom is 0.159 e. The van der Waals surface area contributed by atoms with Crippen LogP contribution in [0.1, 0.15) is 65.8 Å². The Morgan fingerprint density at radius 2 is 1.02 bits per heavy atom. The van der Waals surface area contributed by atoms with Crippen LogP contribution in [0.2, 0.25) is 0 Å². The lowest BCUT2D eigenvalue weighted by Crippen LogP contribution is -2.36. The minimum Gasteiger partial charge on any atom is -0.454 e. The molecule has 0 radical (unpaired) electrons. The molecule has 1 spiro atoms. The molecule has 0 unspecified atom stereocenters. The first-order valence-electron chi connectivity index (χ1n) is 23.7. The SMILES string of the molecule is c1ccc(N2c3ccccc3C3(c4ccccc42)c2ccc4ccccc4c2-c2c3cc(N(c3ccccc3)c3cccc4c3oc3c(C5CCCCC5)cccc34)c3ccccc23)cc1. The summed E-state index contributed by atoms with van der Waals surface area (Å²) in [6.07, 6.45) is 6.31. The van der Waals surface area contributed by atoms with E-state index in [-0.39, 0.29) is 0 Å². The zero-order valence-corrected chi connectivity index (χ0v) is 36.6. The summed E-state index contributed by atoms with van der Waals surface area (Å²) >= 11 is 0. The molecule has 2 heterocycles. The third-order valence-corrected chi connectivity index (χ3v) is 15.2. The van der Waals surface area contributed by atoms with Gasteiger partial charge in [-0.2, -0.15) is 0 Å². The van der Waals surface area contributed by atoms with E-state index in [9.17, 15) is 0 Å². The molecule has 10 aromatic carbocycles. The predicted octanol–water partition coefficient (Wildman–Crippen LogP) is 17.6. The molecule has 0 bridgehead atoms. The average molecular weight is 847 g/mol. The first-order chi connectivity index (χ1) is 32.8. The summed E-state index contributed by atoms with van der Waals surface area (Å²) in [4.78, 5) is 4.95. The van der Waals surface area contributed by atoms with Crippen molar-refractivity contribution in [3.8, 4) is 11.1 Å². The van der Waals surface area contributed by atoms with E-state index in [1.165, 1.54) is 109 Å². The van der Waals surface area contributed by atoms with Crippen LogP contribution >= 0.6 is 0 Å². The van der Waals surface area contributed by atoms with Gasteiger partial charge in [0.25, 0.3) is 0 Å². The van der Waals surface area contributed by atoms with Crippen molar-refractivity contribution < 1.29 is 4.42 Å². The molecule has 11 aromatic rings. The molecule has 1 fully saturated rings. The van der Waals surface area contributed by atoms with Crippen molar-refractivity contribution in [1.82, 2.24) is 0 Å². The van der Waals surface area contributed by atoms with Gasteiger partial charge in [0.05, 0.1) is 28.2 Å². The topological polar surface area (TPSA) is 19.6 Å². The standard InChI is InChI=1S/C63H46N2O/c1-4-20-41(21-5-1)46-30-18-31-49-50-32-19-37-57(62(50)66-61(46)49)65(44-25-8-3-9-26-44)58-40-54-60(48-29-13-12-28-47(48)58)59-45-27-11-10-22-42(45)38-39-53(59)63(54)51-33-14-16-35-55(51)64(43-23-6-2-7-24-43)56-36-17-15-34-52(56)63/h2-3,6-19,22-41H,1,4-5,20-21H2. The number of furan rings is 1. The first-order valence-corrected chi connectivity index (χ1v) is 23.7. The van der Waals surface area contributed by atoms with E-state index in [1.807, 2.05) is 0 Å². The fourth-order valence-corrected chi connectivity index (χ4v) is 12.5. The van der Waals surface area contributed by atoms with Gasteiger partial charge in [-0.3, -0.25) is 0 Å². The maximum atomic E-state index is 7.30. The van der Waals surface area contributed by atoms with Crippen LogP contribution in [-0.4, -0.2) is 0 Å². The number of anilines is 6. The summed E-state index contributed by atoms with van der Waals surface area (Å²) in [5, 5.41) is 7.28. The molecule has 3 nitrogen and oxygen atoms in total. The highest BCUT2D eigenvalue weighted by Crippen LogP contribution is 2.66. The van der Waals surface area contributed by atoms with Gasteiger partial charge in [-0.15, -0.1) is 0 Å². The molecule has 0 atom stereocenters. The van der Waals surface area contributed by atoms with E-state index >= 15 is 0 Å². The van der Waals surface area contributed by atoms with E-state index in [1.54, 1.807) is 0 Å². The molecular formula is C63H46N2O. The monoisotopic (exact) mass is 846 g/mol. The lowest BCUT2D eigenvalue weighted by Gasteiger charge is -2.45. The van der Waals surface area contributed by atoms with Crippen LogP contribution in [-0.2, 0) is 5.41 Å². The Balaban J connectivity index is 1.12. The fraction of sp³-hybridized carbons (Fsp3) is 0.111. The van der Waals surface area contributed by atoms with Crippen molar-refractivity contribution in [2.75, 3.05) is 9.80 Å². The van der Waals surface area contributed by atoms with Crippen LogP contribution in [0.15, 0.2) is 217 Å². The second-order valence-corrected chi connectivity index (χ2v) is 18.5. The van der Waals surface area contributed by atoms with Gasteiger partial charge in [-0.25, -0.2) is 0 Å². The van der Waals surface area contributed by atoms with Crippen LogP contribution in [0.25, 0.3) is 54.6 Å². The molecule has 314 valence electrons. The first kappa shape index (κ1) is 37.5. The number of para-hydroxylation sites is 6. The Bertz CT molecular complexity index is 3660. The summed E-state index contributed by atoms with van der Waals surface area (Å²) in [6.45, 7) is 0. The Hall–Kier alpha value is -7.88. The molecule has 0 saturated heterocycles. The van der Waals surface area contributed by atoms with Gasteiger partial charge in [-0.05, 0) is 122 Å². The van der Waals surface area contributed by atoms with E-state index in [0.717, 1.165) is 39.3 Å². The second kappa shape index (κ2) is 14.6. The van der Waals surface area contributed by atoms with Crippen LogP contribution < -0.4 is 9.80 Å². The fourth-order valence-electron chi connectivity index (χ4n) is 12.5. The lowest BCUT2D eigenvalue weighted by molar-refractivity contribution is 0.442. The molecule has 1 aromatic heterocycles. The van der Waals surface area contributed by atoms with Gasteiger partial charge in [0, 0.05) is 27.5 Å². The van der Waals surface area contributed by atoms with Crippen LogP contribution in [0.4, 0.5) is 34.1 Å². The summed E-state index contributed by atoms with van der Waals surface area (Å²) in [5.74, 6) is 0.519. The molecule has 3 heteroatoms. The Morgan fingerprint density at radius 3 is 1.77 bits per heavy atom. The minimum absolute atomic E-state index is 0.519. The van der Waals surface area contributed by atoms with Gasteiger partial charge in [0.2, 0.25) is 0 Å². The lowest BCUT2D eigenvalue weighted by atomic mass is 9.64. The maximum absolute atomic E-state index is 7.30. The van der Waals surface area contributed by atoms with Crippen molar-refractivity contribution in [3.63, 3.8) is 0 Å². The van der Waals surface area contributed by atoms with E-state index in [2.05, 4.69) is 222 Å². The molecule has 66 heavy (non-hydrogen) atoms. The van der Waals surface area contributed by atoms with Crippen molar-refractivity contribution in [1.29, 1.82) is 0 Å². The summed E-state index contributed by atoms with van der Waals surface area (Å²) in [7, 11) is 0. The molecule has 0 N–H and O–H groups in total. The number of fused-ring (bicyclic) bond motifs is 16. The van der Waals surface area contributed by atoms with Crippen molar-refractivity contribution in [3.05, 3.63) is 240 Å². The van der Waals surface area contributed by atoms with Gasteiger partial charge >= 0.3 is 0 Å². The quantitative estimate of drug-likeness (QED) is 0.172. The number of nitrogens with zero attached hydrogens (tertiary/aromatic N) is 2. The highest BCUT2D eigenvalue weighted by atomic mass is 16.3. The van der Waals surface area contributed by atoms with Crippen molar-refractivity contribution in [2.45, 2.75) is 43.4 Å². The molecule has 0 amide bonds. The average Bonchev–Trinajstić information content (AvgIpc) is 3.92. The highest BCUT2D eigenvalue weighted by Gasteiger charge is 2.53. The minimum atomic E-state index is -0.658. The number of rotatable bonds is 5. The zero-order chi connectivity index (χ0) is 43.3. The molecule has 14 rings (SSSR count). The Labute approximate surface area is 384 Å². The van der Waals surface area contributed by atoms with E-state index in [0.29, 0.717) is 5.92 Å². The third-order valence-electron chi connectivity index (χ3n) is 15.2. The number of hydrogen-bond acceptors (Lipinski definition) is 3. The van der Waals surface area contributed by atoms with E-state index < -0.39 is 5.41 Å². The van der Waals surface area contributed by atoms with Crippen molar-refractivity contribution in [2.24, 2.45) is 0 Å². The van der Waals surface area contributed by atoms with Crippen LogP contribution in [0, 0.1) is 0 Å². The molecule has 1 aliphatic heterocycles. The second-order valence-electron chi connectivity index (χ2n) is 18.5. The normalized spacial score (nSPS) is 15.0. The largest absolute Gasteiger partial charge is 0.454 e. The van der Waals surface area contributed by atoms with Crippen LogP contribution in [0.5, 0.6) is 0 Å². The molecule has 3 aliphatic rings. The number of benzene rings is 10. The van der Waals surface area contributed by atoms with Gasteiger partial charge in [0.1, 0.15) is 5.58 Å². The highest BCUT2D eigenvalue weighted by molar-refractivity contribution is 6.18. The summed E-state index contributed by atoms with van der Waals surface area (Å²) in [5.41, 5.74) is 17.1. The summed E-state index contributed by atoms with van der Waals surface area (Å²) in [6, 6.07) is 79.1. The molecule has 2 aliphatic carbocycles. The van der Waals surface area contributed by atoms with E-state index in [4.69, 9.17) is 4.42 Å². The molecular weight excluding hydrogens is 801 g/mol.